The van der Waals surface area contributed by atoms with Crippen LogP contribution in [0.2, 0.25) is 5.02 Å². The number of aromatic nitrogens is 2. The van der Waals surface area contributed by atoms with E-state index >= 15 is 0 Å². The molecule has 0 aliphatic heterocycles. The van der Waals surface area contributed by atoms with Crippen LogP contribution in [0.25, 0.3) is 15.8 Å². The van der Waals surface area contributed by atoms with Gasteiger partial charge in [0.15, 0.2) is 0 Å². The molecule has 0 aliphatic carbocycles. The van der Waals surface area contributed by atoms with Gasteiger partial charge in [0.25, 0.3) is 0 Å². The molecule has 0 spiro atoms. The van der Waals surface area contributed by atoms with Gasteiger partial charge in [0.2, 0.25) is 0 Å². The van der Waals surface area contributed by atoms with Crippen molar-refractivity contribution in [3.63, 3.8) is 0 Å². The van der Waals surface area contributed by atoms with Crippen LogP contribution in [0.1, 0.15) is 21.8 Å². The predicted molar refractivity (Wildman–Crippen MR) is 104 cm³/mol. The zero-order valence-corrected chi connectivity index (χ0v) is 15.9. The number of thiophene rings is 1. The maximum Gasteiger partial charge on any atom is 0.132 e. The Morgan fingerprint density at radius 1 is 1.15 bits per heavy atom. The Kier molecular flexibility index (Phi) is 4.72. The lowest BCUT2D eigenvalue weighted by Gasteiger charge is -2.07. The van der Waals surface area contributed by atoms with E-state index in [1.165, 1.54) is 29.5 Å². The number of nitrogens with zero attached hydrogens (tertiary/aromatic N) is 2. The first-order chi connectivity index (χ1) is 12.9. The normalized spacial score (nSPS) is 11.4. The summed E-state index contributed by atoms with van der Waals surface area (Å²) >= 11 is 7.35. The molecule has 0 unspecified atom stereocenters. The second-order valence-electron chi connectivity index (χ2n) is 6.32. The molecule has 0 fully saturated rings. The number of halogens is 3. The van der Waals surface area contributed by atoms with Gasteiger partial charge in [-0.3, -0.25) is 0 Å². The van der Waals surface area contributed by atoms with E-state index < -0.39 is 5.82 Å². The van der Waals surface area contributed by atoms with Gasteiger partial charge in [0, 0.05) is 21.7 Å². The highest BCUT2D eigenvalue weighted by molar-refractivity contribution is 7.19. The van der Waals surface area contributed by atoms with Gasteiger partial charge in [-0.05, 0) is 55.0 Å². The number of aryl methyl sites for hydroxylation is 1. The molecule has 4 rings (SSSR count). The molecule has 0 saturated heterocycles. The molecule has 7 heteroatoms. The summed E-state index contributed by atoms with van der Waals surface area (Å²) in [7, 11) is 0. The van der Waals surface area contributed by atoms with Crippen LogP contribution in [-0.4, -0.2) is 14.9 Å². The Balaban J connectivity index is 1.83. The van der Waals surface area contributed by atoms with Crippen molar-refractivity contribution in [3.05, 3.63) is 81.0 Å². The van der Waals surface area contributed by atoms with Crippen LogP contribution in [0.3, 0.4) is 0 Å². The third-order valence-electron chi connectivity index (χ3n) is 4.26. The van der Waals surface area contributed by atoms with Crippen molar-refractivity contribution in [2.45, 2.75) is 20.0 Å². The van der Waals surface area contributed by atoms with E-state index in [0.717, 1.165) is 20.8 Å². The molecule has 2 heterocycles. The van der Waals surface area contributed by atoms with Gasteiger partial charge in [-0.15, -0.1) is 11.3 Å². The summed E-state index contributed by atoms with van der Waals surface area (Å²) in [4.78, 5) is 0.882. The highest BCUT2D eigenvalue weighted by Gasteiger charge is 2.16. The lowest BCUT2D eigenvalue weighted by Crippen LogP contribution is -2.02. The molecule has 1 N–H and O–H groups in total. The molecule has 2 aromatic heterocycles. The number of rotatable bonds is 4. The average molecular weight is 405 g/mol. The second-order valence-corrected chi connectivity index (χ2v) is 7.90. The monoisotopic (exact) mass is 404 g/mol. The van der Waals surface area contributed by atoms with E-state index in [0.29, 0.717) is 28.2 Å². The van der Waals surface area contributed by atoms with E-state index in [1.807, 2.05) is 6.92 Å². The van der Waals surface area contributed by atoms with Crippen LogP contribution in [0, 0.1) is 18.6 Å². The fraction of sp³-hybridized carbons (Fsp3) is 0.150. The summed E-state index contributed by atoms with van der Waals surface area (Å²) in [6.45, 7) is 1.67. The summed E-state index contributed by atoms with van der Waals surface area (Å²) in [5.41, 5.74) is 2.83. The van der Waals surface area contributed by atoms with Crippen LogP contribution in [0.5, 0.6) is 0 Å². The van der Waals surface area contributed by atoms with E-state index in [-0.39, 0.29) is 12.4 Å². The minimum absolute atomic E-state index is 0.167. The van der Waals surface area contributed by atoms with E-state index in [2.05, 4.69) is 5.10 Å². The van der Waals surface area contributed by atoms with E-state index in [1.54, 1.807) is 28.9 Å². The molecular formula is C20H15ClF2N2OS. The highest BCUT2D eigenvalue weighted by Crippen LogP contribution is 2.35. The maximum atomic E-state index is 14.4. The Hall–Kier alpha value is -2.28. The van der Waals surface area contributed by atoms with Gasteiger partial charge in [-0.2, -0.15) is 5.10 Å². The summed E-state index contributed by atoms with van der Waals surface area (Å²) in [6.07, 6.45) is 0.445. The number of aliphatic hydroxyl groups is 1. The highest BCUT2D eigenvalue weighted by atomic mass is 35.5. The first-order valence-electron chi connectivity index (χ1n) is 8.27. The van der Waals surface area contributed by atoms with Gasteiger partial charge in [-0.25, -0.2) is 13.5 Å². The number of benzene rings is 2. The maximum absolute atomic E-state index is 14.4. The minimum atomic E-state index is -0.398. The van der Waals surface area contributed by atoms with E-state index in [9.17, 15) is 13.9 Å². The molecule has 0 amide bonds. The number of hydrogen-bond acceptors (Lipinski definition) is 3. The van der Waals surface area contributed by atoms with Gasteiger partial charge in [-0.1, -0.05) is 11.6 Å². The first-order valence-corrected chi connectivity index (χ1v) is 9.46. The Morgan fingerprint density at radius 3 is 2.70 bits per heavy atom. The van der Waals surface area contributed by atoms with Crippen LogP contribution in [-0.2, 0) is 13.0 Å². The molecule has 0 radical (unpaired) electrons. The third kappa shape index (κ3) is 3.48. The van der Waals surface area contributed by atoms with Gasteiger partial charge in [0.05, 0.1) is 28.4 Å². The quantitative estimate of drug-likeness (QED) is 0.494. The zero-order valence-electron chi connectivity index (χ0n) is 14.3. The van der Waals surface area contributed by atoms with Crippen molar-refractivity contribution in [1.29, 1.82) is 0 Å². The molecule has 2 aromatic carbocycles. The number of hydrogen-bond donors (Lipinski definition) is 1. The van der Waals surface area contributed by atoms with Crippen LogP contribution >= 0.6 is 22.9 Å². The number of aliphatic hydroxyl groups excluding tert-OH is 1. The molecule has 3 nitrogen and oxygen atoms in total. The van der Waals surface area contributed by atoms with Crippen molar-refractivity contribution >= 4 is 33.0 Å². The minimum Gasteiger partial charge on any atom is -0.390 e. The summed E-state index contributed by atoms with van der Waals surface area (Å²) in [5, 5.41) is 14.8. The second kappa shape index (κ2) is 7.03. The lowest BCUT2D eigenvalue weighted by molar-refractivity contribution is 0.273. The molecule has 4 aromatic rings. The van der Waals surface area contributed by atoms with Crippen molar-refractivity contribution in [3.8, 4) is 5.69 Å². The summed E-state index contributed by atoms with van der Waals surface area (Å²) in [5.74, 6) is -0.729. The van der Waals surface area contributed by atoms with E-state index in [4.69, 9.17) is 11.6 Å². The molecule has 138 valence electrons. The summed E-state index contributed by atoms with van der Waals surface area (Å²) < 4.78 is 30.4. The third-order valence-corrected chi connectivity index (χ3v) is 5.63. The molecule has 0 aliphatic rings. The van der Waals surface area contributed by atoms with Gasteiger partial charge < -0.3 is 5.11 Å². The fourth-order valence-electron chi connectivity index (χ4n) is 3.17. The zero-order chi connectivity index (χ0) is 19.1. The topological polar surface area (TPSA) is 38.0 Å². The largest absolute Gasteiger partial charge is 0.390 e. The average Bonchev–Trinajstić information content (AvgIpc) is 3.18. The standard InChI is InChI=1S/C20H15ClF2N2OS/c1-11-4-15(10-26)25(24-11)19-3-2-18(23)17-9-16(27-20(17)19)7-12-5-13(21)8-14(22)6-12/h2-6,8-9,26H,7,10H2,1H3. The molecule has 27 heavy (non-hydrogen) atoms. The fourth-order valence-corrected chi connectivity index (χ4v) is 4.62. The van der Waals surface area contributed by atoms with Crippen molar-refractivity contribution in [1.82, 2.24) is 9.78 Å². The molecule has 0 atom stereocenters. The first kappa shape index (κ1) is 18.1. The van der Waals surface area contributed by atoms with Crippen LogP contribution in [0.4, 0.5) is 8.78 Å². The van der Waals surface area contributed by atoms with Crippen molar-refractivity contribution in [2.75, 3.05) is 0 Å². The molecule has 0 bridgehead atoms. The van der Waals surface area contributed by atoms with Gasteiger partial charge >= 0.3 is 0 Å². The Morgan fingerprint density at radius 2 is 1.96 bits per heavy atom. The smallest absolute Gasteiger partial charge is 0.132 e. The summed E-state index contributed by atoms with van der Waals surface area (Å²) in [6, 6.07) is 11.0. The van der Waals surface area contributed by atoms with Gasteiger partial charge in [0.1, 0.15) is 11.6 Å². The Labute approximate surface area is 163 Å². The van der Waals surface area contributed by atoms with Crippen molar-refractivity contribution < 1.29 is 13.9 Å². The van der Waals surface area contributed by atoms with Crippen LogP contribution < -0.4 is 0 Å². The lowest BCUT2D eigenvalue weighted by atomic mass is 10.1. The SMILES string of the molecule is Cc1cc(CO)n(-c2ccc(F)c3cc(Cc4cc(F)cc(Cl)c4)sc23)n1. The number of fused-ring (bicyclic) bond motifs is 1. The van der Waals surface area contributed by atoms with Crippen molar-refractivity contribution in [2.24, 2.45) is 0 Å². The molecule has 0 saturated carbocycles. The molecular weight excluding hydrogens is 390 g/mol. The van der Waals surface area contributed by atoms with Crippen LogP contribution in [0.15, 0.2) is 42.5 Å². The predicted octanol–water partition coefficient (Wildman–Crippen LogP) is 5.41. The Bertz CT molecular complexity index is 1130.